The van der Waals surface area contributed by atoms with E-state index >= 15 is 0 Å². The zero-order valence-corrected chi connectivity index (χ0v) is 8.78. The standard InChI is InChI=1S/C9H8BrN3O/c10-7(8(11)14)9-12-5-3-1-2-4-6(5)13-9/h1-4,7H,(H2,11,14)(H,12,13). The number of nitrogens with one attached hydrogen (secondary N) is 1. The zero-order valence-electron chi connectivity index (χ0n) is 7.20. The fraction of sp³-hybridized carbons (Fsp3) is 0.111. The summed E-state index contributed by atoms with van der Waals surface area (Å²) < 4.78 is 0. The van der Waals surface area contributed by atoms with Crippen molar-refractivity contribution in [3.05, 3.63) is 30.1 Å². The van der Waals surface area contributed by atoms with Crippen molar-refractivity contribution in [2.75, 3.05) is 0 Å². The van der Waals surface area contributed by atoms with Crippen molar-refractivity contribution in [1.82, 2.24) is 9.97 Å². The van der Waals surface area contributed by atoms with E-state index in [1.165, 1.54) is 0 Å². The van der Waals surface area contributed by atoms with E-state index in [0.717, 1.165) is 11.0 Å². The van der Waals surface area contributed by atoms with Gasteiger partial charge in [-0.2, -0.15) is 0 Å². The molecule has 72 valence electrons. The molecule has 4 nitrogen and oxygen atoms in total. The number of rotatable bonds is 2. The van der Waals surface area contributed by atoms with Crippen molar-refractivity contribution in [3.8, 4) is 0 Å². The number of aromatic amines is 1. The van der Waals surface area contributed by atoms with Crippen molar-refractivity contribution in [2.24, 2.45) is 5.73 Å². The third-order valence-electron chi connectivity index (χ3n) is 1.90. The number of imidazole rings is 1. The molecule has 0 aliphatic heterocycles. The number of carbonyl (C=O) groups excluding carboxylic acids is 1. The van der Waals surface area contributed by atoms with Crippen LogP contribution >= 0.6 is 15.9 Å². The molecule has 5 heteroatoms. The van der Waals surface area contributed by atoms with E-state index in [1.54, 1.807) is 0 Å². The summed E-state index contributed by atoms with van der Waals surface area (Å²) in [6.07, 6.45) is 0. The number of primary amides is 1. The highest BCUT2D eigenvalue weighted by Gasteiger charge is 2.17. The molecule has 0 aliphatic carbocycles. The molecule has 3 N–H and O–H groups in total. The minimum absolute atomic E-state index is 0.455. The Morgan fingerprint density at radius 3 is 2.86 bits per heavy atom. The van der Waals surface area contributed by atoms with Gasteiger partial charge >= 0.3 is 0 Å². The molecular weight excluding hydrogens is 246 g/mol. The lowest BCUT2D eigenvalue weighted by Gasteiger charge is -1.98. The maximum atomic E-state index is 10.9. The monoisotopic (exact) mass is 253 g/mol. The Kier molecular flexibility index (Phi) is 2.25. The van der Waals surface area contributed by atoms with Gasteiger partial charge in [-0.3, -0.25) is 4.79 Å². The van der Waals surface area contributed by atoms with Crippen LogP contribution in [0.5, 0.6) is 0 Å². The predicted molar refractivity (Wildman–Crippen MR) is 57.0 cm³/mol. The highest BCUT2D eigenvalue weighted by atomic mass is 79.9. The van der Waals surface area contributed by atoms with Gasteiger partial charge in [-0.25, -0.2) is 4.98 Å². The summed E-state index contributed by atoms with van der Waals surface area (Å²) in [6, 6.07) is 7.56. The molecule has 0 saturated carbocycles. The number of carbonyl (C=O) groups is 1. The van der Waals surface area contributed by atoms with Crippen LogP contribution in [0, 0.1) is 0 Å². The van der Waals surface area contributed by atoms with Crippen LogP contribution in [0.3, 0.4) is 0 Å². The third kappa shape index (κ3) is 1.50. The number of aromatic nitrogens is 2. The summed E-state index contributed by atoms with van der Waals surface area (Å²) in [5, 5.41) is 0. The average molecular weight is 254 g/mol. The molecule has 0 bridgehead atoms. The molecule has 1 atom stereocenters. The lowest BCUT2D eigenvalue weighted by molar-refractivity contribution is -0.117. The number of alkyl halides is 1. The smallest absolute Gasteiger partial charge is 0.238 e. The lowest BCUT2D eigenvalue weighted by atomic mass is 10.3. The Labute approximate surface area is 88.6 Å². The highest BCUT2D eigenvalue weighted by Crippen LogP contribution is 2.21. The van der Waals surface area contributed by atoms with Crippen molar-refractivity contribution < 1.29 is 4.79 Å². The Hall–Kier alpha value is -1.36. The van der Waals surface area contributed by atoms with Crippen LogP contribution in [0.25, 0.3) is 11.0 Å². The molecule has 0 aliphatic rings. The van der Waals surface area contributed by atoms with Gasteiger partial charge in [-0.05, 0) is 12.1 Å². The Bertz CT molecular complexity index is 447. The summed E-state index contributed by atoms with van der Waals surface area (Å²) in [7, 11) is 0. The molecule has 0 spiro atoms. The molecule has 0 radical (unpaired) electrons. The van der Waals surface area contributed by atoms with Gasteiger partial charge in [0.1, 0.15) is 5.82 Å². The Morgan fingerprint density at radius 1 is 1.50 bits per heavy atom. The van der Waals surface area contributed by atoms with E-state index in [9.17, 15) is 4.79 Å². The molecule has 2 aromatic rings. The fourth-order valence-electron chi connectivity index (χ4n) is 1.23. The van der Waals surface area contributed by atoms with E-state index in [4.69, 9.17) is 5.73 Å². The SMILES string of the molecule is NC(=O)C(Br)c1nc2ccccc2[nH]1. The van der Waals surface area contributed by atoms with Crippen molar-refractivity contribution >= 4 is 32.9 Å². The number of halogens is 1. The second-order valence-corrected chi connectivity index (χ2v) is 3.82. The van der Waals surface area contributed by atoms with Gasteiger partial charge in [0.15, 0.2) is 4.83 Å². The number of hydrogen-bond acceptors (Lipinski definition) is 2. The maximum Gasteiger partial charge on any atom is 0.238 e. The first-order chi connectivity index (χ1) is 6.68. The van der Waals surface area contributed by atoms with Crippen molar-refractivity contribution in [2.45, 2.75) is 4.83 Å². The molecule has 1 amide bonds. The zero-order chi connectivity index (χ0) is 10.1. The largest absolute Gasteiger partial charge is 0.368 e. The highest BCUT2D eigenvalue weighted by molar-refractivity contribution is 9.09. The third-order valence-corrected chi connectivity index (χ3v) is 2.78. The van der Waals surface area contributed by atoms with Gasteiger partial charge in [-0.1, -0.05) is 28.1 Å². The Balaban J connectivity index is 2.50. The first-order valence-corrected chi connectivity index (χ1v) is 4.98. The average Bonchev–Trinajstić information content (AvgIpc) is 2.59. The number of nitrogens with two attached hydrogens (primary N) is 1. The summed E-state index contributed by atoms with van der Waals surface area (Å²) in [5.41, 5.74) is 6.87. The Morgan fingerprint density at radius 2 is 2.21 bits per heavy atom. The number of para-hydroxylation sites is 2. The topological polar surface area (TPSA) is 71.8 Å². The minimum atomic E-state index is -0.560. The van der Waals surface area contributed by atoms with E-state index in [1.807, 2.05) is 24.3 Å². The normalized spacial score (nSPS) is 12.9. The molecule has 1 aromatic heterocycles. The van der Waals surface area contributed by atoms with Gasteiger partial charge in [-0.15, -0.1) is 0 Å². The molecule has 1 aromatic carbocycles. The molecule has 0 saturated heterocycles. The van der Waals surface area contributed by atoms with Crippen LogP contribution in [-0.2, 0) is 4.79 Å². The van der Waals surface area contributed by atoms with Crippen LogP contribution in [0.1, 0.15) is 10.7 Å². The molecule has 1 heterocycles. The summed E-state index contributed by atoms with van der Waals surface area (Å²) in [6.45, 7) is 0. The minimum Gasteiger partial charge on any atom is -0.368 e. The van der Waals surface area contributed by atoms with Crippen molar-refractivity contribution in [3.63, 3.8) is 0 Å². The number of amides is 1. The maximum absolute atomic E-state index is 10.9. The van der Waals surface area contributed by atoms with Crippen LogP contribution in [0.4, 0.5) is 0 Å². The first-order valence-electron chi connectivity index (χ1n) is 4.06. The first kappa shape index (κ1) is 9.21. The van der Waals surface area contributed by atoms with Crippen LogP contribution < -0.4 is 5.73 Å². The van der Waals surface area contributed by atoms with Crippen molar-refractivity contribution in [1.29, 1.82) is 0 Å². The number of fused-ring (bicyclic) bond motifs is 1. The van der Waals surface area contributed by atoms with E-state index in [0.29, 0.717) is 5.82 Å². The predicted octanol–water partition coefficient (Wildman–Crippen LogP) is 1.48. The van der Waals surface area contributed by atoms with Gasteiger partial charge in [0.05, 0.1) is 11.0 Å². The van der Waals surface area contributed by atoms with Gasteiger partial charge in [0.2, 0.25) is 5.91 Å². The number of H-pyrrole nitrogens is 1. The van der Waals surface area contributed by atoms with Crippen LogP contribution in [0.2, 0.25) is 0 Å². The lowest BCUT2D eigenvalue weighted by Crippen LogP contribution is -2.17. The molecule has 0 fully saturated rings. The van der Waals surface area contributed by atoms with Gasteiger partial charge in [0.25, 0.3) is 0 Å². The second kappa shape index (κ2) is 3.42. The summed E-state index contributed by atoms with van der Waals surface area (Å²) in [5.74, 6) is 0.0859. The van der Waals surface area contributed by atoms with E-state index in [2.05, 4.69) is 25.9 Å². The molecule has 1 unspecified atom stereocenters. The number of nitrogens with zero attached hydrogens (tertiary/aromatic N) is 1. The number of hydrogen-bond donors (Lipinski definition) is 2. The van der Waals surface area contributed by atoms with E-state index in [-0.39, 0.29) is 0 Å². The molecule has 2 rings (SSSR count). The molecular formula is C9H8BrN3O. The summed E-state index contributed by atoms with van der Waals surface area (Å²) >= 11 is 3.16. The van der Waals surface area contributed by atoms with Crippen LogP contribution in [0.15, 0.2) is 24.3 Å². The summed E-state index contributed by atoms with van der Waals surface area (Å²) in [4.78, 5) is 17.6. The van der Waals surface area contributed by atoms with Gasteiger partial charge < -0.3 is 10.7 Å². The van der Waals surface area contributed by atoms with E-state index < -0.39 is 10.7 Å². The molecule has 14 heavy (non-hydrogen) atoms. The second-order valence-electron chi connectivity index (χ2n) is 2.90. The number of benzene rings is 1. The van der Waals surface area contributed by atoms with Gasteiger partial charge in [0, 0.05) is 0 Å². The quantitative estimate of drug-likeness (QED) is 0.797. The fourth-order valence-corrected chi connectivity index (χ4v) is 1.44. The van der Waals surface area contributed by atoms with Crippen LogP contribution in [-0.4, -0.2) is 15.9 Å².